The van der Waals surface area contributed by atoms with Crippen LogP contribution in [-0.4, -0.2) is 23.7 Å². The number of carbonyl (C=O) groups is 1. The van der Waals surface area contributed by atoms with Gasteiger partial charge in [0.25, 0.3) is 0 Å². The predicted molar refractivity (Wildman–Crippen MR) is 94.2 cm³/mol. The summed E-state index contributed by atoms with van der Waals surface area (Å²) >= 11 is 0. The molecule has 2 aromatic rings. The van der Waals surface area contributed by atoms with Crippen LogP contribution in [0.1, 0.15) is 39.0 Å². The largest absolute Gasteiger partial charge is 0.494 e. The second kappa shape index (κ2) is 7.60. The van der Waals surface area contributed by atoms with E-state index in [1.807, 2.05) is 18.2 Å². The molecule has 1 aromatic heterocycles. The van der Waals surface area contributed by atoms with Crippen molar-refractivity contribution >= 4 is 22.5 Å². The zero-order valence-corrected chi connectivity index (χ0v) is 14.7. The average Bonchev–Trinajstić information content (AvgIpc) is 2.96. The molecule has 2 N–H and O–H groups in total. The number of ether oxygens (including phenoxy) is 1. The van der Waals surface area contributed by atoms with Gasteiger partial charge in [-0.1, -0.05) is 0 Å². The number of aromatic nitrogens is 1. The van der Waals surface area contributed by atoms with E-state index >= 15 is 0 Å². The first-order chi connectivity index (χ1) is 12.3. The van der Waals surface area contributed by atoms with Gasteiger partial charge in [0.15, 0.2) is 0 Å². The van der Waals surface area contributed by atoms with Crippen molar-refractivity contribution in [2.45, 2.75) is 45.2 Å². The molecule has 1 amide bonds. The van der Waals surface area contributed by atoms with Gasteiger partial charge in [-0.2, -0.15) is 13.2 Å². The number of anilines is 1. The summed E-state index contributed by atoms with van der Waals surface area (Å²) in [6.45, 7) is 1.93. The maximum atomic E-state index is 12.7. The molecule has 0 aliphatic heterocycles. The third kappa shape index (κ3) is 4.51. The number of benzene rings is 1. The Bertz CT molecular complexity index is 762. The number of rotatable bonds is 5. The number of fused-ring (bicyclic) bond motifs is 1. The van der Waals surface area contributed by atoms with Crippen molar-refractivity contribution in [2.24, 2.45) is 11.8 Å². The van der Waals surface area contributed by atoms with Crippen molar-refractivity contribution in [3.8, 4) is 5.75 Å². The maximum absolute atomic E-state index is 12.7. The Balaban J connectivity index is 1.51. The van der Waals surface area contributed by atoms with E-state index in [-0.39, 0.29) is 18.7 Å². The van der Waals surface area contributed by atoms with Crippen LogP contribution in [0, 0.1) is 11.8 Å². The standard InChI is InChI=1S/C19H23F3N2O2/c1-12(25)24-18-11-23-17-7-6-15(10-16(17)18)26-9-8-13-2-4-14(5-3-13)19(20,21)22/h6-7,10-11,13-14,23H,2-5,8-9H2,1H3,(H,24,25). The van der Waals surface area contributed by atoms with E-state index in [0.717, 1.165) is 17.3 Å². The van der Waals surface area contributed by atoms with Crippen molar-refractivity contribution in [1.82, 2.24) is 4.98 Å². The van der Waals surface area contributed by atoms with Crippen molar-refractivity contribution in [2.75, 3.05) is 11.9 Å². The Morgan fingerprint density at radius 2 is 2.00 bits per heavy atom. The number of hydrogen-bond acceptors (Lipinski definition) is 2. The van der Waals surface area contributed by atoms with Crippen LogP contribution in [-0.2, 0) is 4.79 Å². The van der Waals surface area contributed by atoms with E-state index in [1.54, 1.807) is 6.20 Å². The molecule has 1 heterocycles. The summed E-state index contributed by atoms with van der Waals surface area (Å²) in [7, 11) is 0. The minimum absolute atomic E-state index is 0.147. The Kier molecular flexibility index (Phi) is 5.44. The van der Waals surface area contributed by atoms with Gasteiger partial charge < -0.3 is 15.0 Å². The van der Waals surface area contributed by atoms with Crippen molar-refractivity contribution in [1.29, 1.82) is 0 Å². The lowest BCUT2D eigenvalue weighted by molar-refractivity contribution is -0.184. The van der Waals surface area contributed by atoms with E-state index in [2.05, 4.69) is 10.3 Å². The van der Waals surface area contributed by atoms with Crippen molar-refractivity contribution in [3.05, 3.63) is 24.4 Å². The molecule has 0 radical (unpaired) electrons. The monoisotopic (exact) mass is 368 g/mol. The highest BCUT2D eigenvalue weighted by molar-refractivity contribution is 6.01. The van der Waals surface area contributed by atoms with Crippen LogP contribution < -0.4 is 10.1 Å². The highest BCUT2D eigenvalue weighted by atomic mass is 19.4. The minimum atomic E-state index is -4.06. The zero-order valence-electron chi connectivity index (χ0n) is 14.7. The average molecular weight is 368 g/mol. The first-order valence-electron chi connectivity index (χ1n) is 8.91. The van der Waals surface area contributed by atoms with Crippen LogP contribution in [0.5, 0.6) is 5.75 Å². The van der Waals surface area contributed by atoms with Gasteiger partial charge in [-0.15, -0.1) is 0 Å². The number of H-pyrrole nitrogens is 1. The fourth-order valence-corrected chi connectivity index (χ4v) is 3.60. The van der Waals surface area contributed by atoms with E-state index in [1.165, 1.54) is 6.92 Å². The normalized spacial score (nSPS) is 20.9. The molecule has 0 unspecified atom stereocenters. The first kappa shape index (κ1) is 18.6. The summed E-state index contributed by atoms with van der Waals surface area (Å²) in [4.78, 5) is 14.3. The maximum Gasteiger partial charge on any atom is 0.391 e. The molecule has 1 saturated carbocycles. The summed E-state index contributed by atoms with van der Waals surface area (Å²) in [5, 5.41) is 3.63. The third-order valence-electron chi connectivity index (χ3n) is 5.07. The minimum Gasteiger partial charge on any atom is -0.494 e. The molecule has 26 heavy (non-hydrogen) atoms. The van der Waals surface area contributed by atoms with Crippen LogP contribution in [0.25, 0.3) is 10.9 Å². The number of carbonyl (C=O) groups excluding carboxylic acids is 1. The van der Waals surface area contributed by atoms with E-state index in [0.29, 0.717) is 36.8 Å². The number of halogens is 3. The Labute approximate surface area is 150 Å². The Hall–Kier alpha value is -2.18. The van der Waals surface area contributed by atoms with Crippen LogP contribution >= 0.6 is 0 Å². The summed E-state index contributed by atoms with van der Waals surface area (Å²) in [6.07, 6.45) is 0.101. The van der Waals surface area contributed by atoms with Crippen LogP contribution in [0.4, 0.5) is 18.9 Å². The lowest BCUT2D eigenvalue weighted by Crippen LogP contribution is -2.28. The van der Waals surface area contributed by atoms with Gasteiger partial charge in [0.2, 0.25) is 5.91 Å². The molecule has 7 heteroatoms. The zero-order chi connectivity index (χ0) is 18.7. The van der Waals surface area contributed by atoms with Crippen molar-refractivity contribution in [3.63, 3.8) is 0 Å². The summed E-state index contributed by atoms with van der Waals surface area (Å²) in [5.74, 6) is -0.304. The second-order valence-electron chi connectivity index (χ2n) is 6.99. The van der Waals surface area contributed by atoms with Gasteiger partial charge in [-0.25, -0.2) is 0 Å². The van der Waals surface area contributed by atoms with Gasteiger partial charge in [0.05, 0.1) is 18.2 Å². The fraction of sp³-hybridized carbons (Fsp3) is 0.526. The third-order valence-corrected chi connectivity index (χ3v) is 5.07. The Morgan fingerprint density at radius 3 is 2.65 bits per heavy atom. The predicted octanol–water partition coefficient (Wildman–Crippen LogP) is 5.26. The molecule has 1 aliphatic carbocycles. The molecule has 0 bridgehead atoms. The lowest BCUT2D eigenvalue weighted by atomic mass is 9.80. The van der Waals surface area contributed by atoms with Crippen LogP contribution in [0.3, 0.4) is 0 Å². The molecule has 1 aromatic carbocycles. The number of alkyl halides is 3. The van der Waals surface area contributed by atoms with Gasteiger partial charge in [0.1, 0.15) is 5.75 Å². The molecular formula is C19H23F3N2O2. The molecule has 1 fully saturated rings. The van der Waals surface area contributed by atoms with E-state index < -0.39 is 12.1 Å². The molecule has 0 atom stereocenters. The van der Waals surface area contributed by atoms with Gasteiger partial charge in [-0.05, 0) is 56.2 Å². The number of nitrogens with one attached hydrogen (secondary N) is 2. The number of aromatic amines is 1. The molecule has 142 valence electrons. The van der Waals surface area contributed by atoms with Gasteiger partial charge in [0, 0.05) is 24.0 Å². The first-order valence-corrected chi connectivity index (χ1v) is 8.91. The summed E-state index contributed by atoms with van der Waals surface area (Å²) in [6, 6.07) is 5.58. The molecule has 4 nitrogen and oxygen atoms in total. The van der Waals surface area contributed by atoms with Crippen LogP contribution in [0.15, 0.2) is 24.4 Å². The van der Waals surface area contributed by atoms with Gasteiger partial charge in [-0.3, -0.25) is 4.79 Å². The highest BCUT2D eigenvalue weighted by Gasteiger charge is 2.41. The summed E-state index contributed by atoms with van der Waals surface area (Å²) < 4.78 is 43.9. The SMILES string of the molecule is CC(=O)Nc1c[nH]c2ccc(OCCC3CCC(C(F)(F)F)CC3)cc12. The Morgan fingerprint density at radius 1 is 1.27 bits per heavy atom. The van der Waals surface area contributed by atoms with Crippen LogP contribution in [0.2, 0.25) is 0 Å². The number of hydrogen-bond donors (Lipinski definition) is 2. The molecule has 1 aliphatic rings. The quantitative estimate of drug-likeness (QED) is 0.756. The highest BCUT2D eigenvalue weighted by Crippen LogP contribution is 2.40. The van der Waals surface area contributed by atoms with Crippen molar-refractivity contribution < 1.29 is 22.7 Å². The van der Waals surface area contributed by atoms with E-state index in [4.69, 9.17) is 4.74 Å². The molecule has 0 spiro atoms. The topological polar surface area (TPSA) is 54.1 Å². The fourth-order valence-electron chi connectivity index (χ4n) is 3.60. The number of amides is 1. The molecule has 3 rings (SSSR count). The summed E-state index contributed by atoms with van der Waals surface area (Å²) in [5.41, 5.74) is 1.59. The molecular weight excluding hydrogens is 345 g/mol. The van der Waals surface area contributed by atoms with Gasteiger partial charge >= 0.3 is 6.18 Å². The second-order valence-corrected chi connectivity index (χ2v) is 6.99. The smallest absolute Gasteiger partial charge is 0.391 e. The molecule has 0 saturated heterocycles. The van der Waals surface area contributed by atoms with E-state index in [9.17, 15) is 18.0 Å². The lowest BCUT2D eigenvalue weighted by Gasteiger charge is -2.29.